The fourth-order valence-corrected chi connectivity index (χ4v) is 3.54. The summed E-state index contributed by atoms with van der Waals surface area (Å²) < 4.78 is 3.95. The second kappa shape index (κ2) is 7.02. The maximum atomic E-state index is 12.9. The van der Waals surface area contributed by atoms with E-state index in [-0.39, 0.29) is 11.9 Å². The van der Waals surface area contributed by atoms with Crippen LogP contribution in [0.15, 0.2) is 42.7 Å². The molecule has 140 valence electrons. The Balaban J connectivity index is 1.52. The summed E-state index contributed by atoms with van der Waals surface area (Å²) in [4.78, 5) is 17.3. The number of amides is 1. The number of aromatic nitrogens is 4. The van der Waals surface area contributed by atoms with Gasteiger partial charge >= 0.3 is 0 Å². The number of imidazole rings is 1. The van der Waals surface area contributed by atoms with Crippen molar-refractivity contribution in [1.82, 2.24) is 24.6 Å². The van der Waals surface area contributed by atoms with Gasteiger partial charge < -0.3 is 9.88 Å². The van der Waals surface area contributed by atoms with E-state index in [1.807, 2.05) is 60.6 Å². The van der Waals surface area contributed by atoms with Gasteiger partial charge in [0.1, 0.15) is 5.82 Å². The van der Waals surface area contributed by atoms with Crippen LogP contribution < -0.4 is 5.32 Å². The highest BCUT2D eigenvalue weighted by molar-refractivity contribution is 5.94. The SMILES string of the molecule is Cc1cc(C)n(Cc2cccc(C(=O)NC(c3nccn3C)C3CC3)c2)n1. The van der Waals surface area contributed by atoms with Crippen LogP contribution in [-0.4, -0.2) is 25.2 Å². The van der Waals surface area contributed by atoms with E-state index in [9.17, 15) is 4.79 Å². The molecule has 1 amide bonds. The monoisotopic (exact) mass is 363 g/mol. The van der Waals surface area contributed by atoms with E-state index in [4.69, 9.17) is 0 Å². The molecule has 1 aliphatic carbocycles. The number of rotatable bonds is 6. The quantitative estimate of drug-likeness (QED) is 0.732. The number of carbonyl (C=O) groups excluding carboxylic acids is 1. The molecule has 0 radical (unpaired) electrons. The fraction of sp³-hybridized carbons (Fsp3) is 0.381. The minimum absolute atomic E-state index is 0.0304. The van der Waals surface area contributed by atoms with Crippen molar-refractivity contribution in [3.05, 3.63) is 71.1 Å². The van der Waals surface area contributed by atoms with E-state index >= 15 is 0 Å². The first-order chi connectivity index (χ1) is 13.0. The van der Waals surface area contributed by atoms with Crippen molar-refractivity contribution in [1.29, 1.82) is 0 Å². The Morgan fingerprint density at radius 1 is 1.30 bits per heavy atom. The van der Waals surface area contributed by atoms with Crippen molar-refractivity contribution in [3.8, 4) is 0 Å². The third-order valence-corrected chi connectivity index (χ3v) is 5.14. The third kappa shape index (κ3) is 3.79. The van der Waals surface area contributed by atoms with E-state index in [2.05, 4.69) is 21.5 Å². The summed E-state index contributed by atoms with van der Waals surface area (Å²) >= 11 is 0. The molecule has 1 atom stereocenters. The topological polar surface area (TPSA) is 64.7 Å². The number of nitrogens with one attached hydrogen (secondary N) is 1. The number of hydrogen-bond acceptors (Lipinski definition) is 3. The fourth-order valence-electron chi connectivity index (χ4n) is 3.54. The highest BCUT2D eigenvalue weighted by Crippen LogP contribution is 2.40. The first kappa shape index (κ1) is 17.5. The lowest BCUT2D eigenvalue weighted by atomic mass is 10.1. The minimum atomic E-state index is -0.0508. The first-order valence-electron chi connectivity index (χ1n) is 9.39. The van der Waals surface area contributed by atoms with Crippen LogP contribution in [0.2, 0.25) is 0 Å². The van der Waals surface area contributed by atoms with Crippen molar-refractivity contribution in [2.24, 2.45) is 13.0 Å². The van der Waals surface area contributed by atoms with Gasteiger partial charge in [-0.15, -0.1) is 0 Å². The summed E-state index contributed by atoms with van der Waals surface area (Å²) in [7, 11) is 1.97. The van der Waals surface area contributed by atoms with Crippen molar-refractivity contribution in [3.63, 3.8) is 0 Å². The molecule has 27 heavy (non-hydrogen) atoms. The molecule has 3 aromatic rings. The number of benzene rings is 1. The predicted octanol–water partition coefficient (Wildman–Crippen LogP) is 3.16. The van der Waals surface area contributed by atoms with Crippen LogP contribution >= 0.6 is 0 Å². The van der Waals surface area contributed by atoms with Gasteiger partial charge in [-0.25, -0.2) is 4.98 Å². The molecule has 0 spiro atoms. The van der Waals surface area contributed by atoms with Crippen LogP contribution in [0.4, 0.5) is 0 Å². The molecule has 2 aromatic heterocycles. The summed E-state index contributed by atoms with van der Waals surface area (Å²) in [5.41, 5.74) is 3.86. The van der Waals surface area contributed by atoms with Gasteiger partial charge in [-0.3, -0.25) is 9.48 Å². The summed E-state index contributed by atoms with van der Waals surface area (Å²) in [6.45, 7) is 4.69. The van der Waals surface area contributed by atoms with Crippen LogP contribution in [-0.2, 0) is 13.6 Å². The zero-order valence-electron chi connectivity index (χ0n) is 16.0. The number of carbonyl (C=O) groups is 1. The Bertz CT molecular complexity index is 967. The van der Waals surface area contributed by atoms with Crippen LogP contribution in [0.3, 0.4) is 0 Å². The molecule has 4 rings (SSSR count). The average molecular weight is 363 g/mol. The van der Waals surface area contributed by atoms with Crippen LogP contribution in [0.25, 0.3) is 0 Å². The zero-order valence-corrected chi connectivity index (χ0v) is 16.0. The molecule has 6 nitrogen and oxygen atoms in total. The van der Waals surface area contributed by atoms with Crippen molar-refractivity contribution < 1.29 is 4.79 Å². The molecular formula is C21H25N5O. The smallest absolute Gasteiger partial charge is 0.251 e. The molecular weight excluding hydrogens is 338 g/mol. The Kier molecular flexibility index (Phi) is 4.56. The highest BCUT2D eigenvalue weighted by Gasteiger charge is 2.35. The Morgan fingerprint density at radius 2 is 2.11 bits per heavy atom. The number of nitrogens with zero attached hydrogens (tertiary/aromatic N) is 4. The summed E-state index contributed by atoms with van der Waals surface area (Å²) in [5.74, 6) is 1.35. The van der Waals surface area contributed by atoms with Gasteiger partial charge in [0.15, 0.2) is 0 Å². The highest BCUT2D eigenvalue weighted by atomic mass is 16.1. The summed E-state index contributed by atoms with van der Waals surface area (Å²) in [6.07, 6.45) is 5.98. The minimum Gasteiger partial charge on any atom is -0.342 e. The van der Waals surface area contributed by atoms with E-state index < -0.39 is 0 Å². The molecule has 1 N–H and O–H groups in total. The lowest BCUT2D eigenvalue weighted by molar-refractivity contribution is 0.0929. The molecule has 0 saturated heterocycles. The molecule has 1 aliphatic rings. The largest absolute Gasteiger partial charge is 0.342 e. The van der Waals surface area contributed by atoms with Gasteiger partial charge in [0, 0.05) is 30.7 Å². The van der Waals surface area contributed by atoms with E-state index in [0.29, 0.717) is 18.0 Å². The van der Waals surface area contributed by atoms with E-state index in [1.165, 1.54) is 0 Å². The molecule has 1 fully saturated rings. The maximum absolute atomic E-state index is 12.9. The lowest BCUT2D eigenvalue weighted by Crippen LogP contribution is -2.31. The van der Waals surface area contributed by atoms with Crippen LogP contribution in [0.1, 0.15) is 52.0 Å². The summed E-state index contributed by atoms with van der Waals surface area (Å²) in [5, 5.41) is 7.71. The maximum Gasteiger partial charge on any atom is 0.251 e. The van der Waals surface area contributed by atoms with Crippen molar-refractivity contribution in [2.45, 2.75) is 39.3 Å². The van der Waals surface area contributed by atoms with Crippen LogP contribution in [0, 0.1) is 19.8 Å². The van der Waals surface area contributed by atoms with Crippen molar-refractivity contribution in [2.75, 3.05) is 0 Å². The third-order valence-electron chi connectivity index (χ3n) is 5.14. The molecule has 6 heteroatoms. The molecule has 1 unspecified atom stereocenters. The predicted molar refractivity (Wildman–Crippen MR) is 103 cm³/mol. The van der Waals surface area contributed by atoms with Crippen LogP contribution in [0.5, 0.6) is 0 Å². The van der Waals surface area contributed by atoms with Gasteiger partial charge in [0.05, 0.1) is 18.3 Å². The lowest BCUT2D eigenvalue weighted by Gasteiger charge is -2.18. The standard InChI is InChI=1S/C21H25N5O/c1-14-11-15(2)26(24-14)13-16-5-4-6-18(12-16)21(27)23-19(17-7-8-17)20-22-9-10-25(20)3/h4-6,9-12,17,19H,7-8,13H2,1-3H3,(H,23,27). The van der Waals surface area contributed by atoms with Gasteiger partial charge in [0.25, 0.3) is 5.91 Å². The van der Waals surface area contributed by atoms with Crippen molar-refractivity contribution >= 4 is 5.91 Å². The molecule has 0 aliphatic heterocycles. The number of aryl methyl sites for hydroxylation is 3. The molecule has 1 saturated carbocycles. The second-order valence-electron chi connectivity index (χ2n) is 7.47. The Morgan fingerprint density at radius 3 is 2.74 bits per heavy atom. The van der Waals surface area contributed by atoms with Gasteiger partial charge in [-0.2, -0.15) is 5.10 Å². The van der Waals surface area contributed by atoms with Gasteiger partial charge in [0.2, 0.25) is 0 Å². The average Bonchev–Trinajstić information content (AvgIpc) is 3.32. The van der Waals surface area contributed by atoms with Gasteiger partial charge in [-0.1, -0.05) is 12.1 Å². The molecule has 1 aromatic carbocycles. The summed E-state index contributed by atoms with van der Waals surface area (Å²) in [6, 6.07) is 9.81. The number of hydrogen-bond donors (Lipinski definition) is 1. The van der Waals surface area contributed by atoms with E-state index in [1.54, 1.807) is 6.20 Å². The van der Waals surface area contributed by atoms with E-state index in [0.717, 1.165) is 35.6 Å². The normalized spacial score (nSPS) is 14.9. The van der Waals surface area contributed by atoms with Gasteiger partial charge in [-0.05, 0) is 56.4 Å². The Labute approximate surface area is 159 Å². The first-order valence-corrected chi connectivity index (χ1v) is 9.39. The zero-order chi connectivity index (χ0) is 19.0. The Hall–Kier alpha value is -2.89. The molecule has 0 bridgehead atoms. The second-order valence-corrected chi connectivity index (χ2v) is 7.47. The molecule has 2 heterocycles.